The Hall–Kier alpha value is -1.06. The number of esters is 2. The molecule has 168 valence electrons. The lowest BCUT2D eigenvalue weighted by molar-refractivity contribution is -0.145. The van der Waals surface area contributed by atoms with E-state index < -0.39 is 0 Å². The third kappa shape index (κ3) is 10.00. The van der Waals surface area contributed by atoms with E-state index in [1.54, 1.807) is 0 Å². The van der Waals surface area contributed by atoms with Crippen molar-refractivity contribution >= 4 is 11.9 Å². The van der Waals surface area contributed by atoms with Gasteiger partial charge in [0.25, 0.3) is 0 Å². The summed E-state index contributed by atoms with van der Waals surface area (Å²) in [6.07, 6.45) is 20.4. The van der Waals surface area contributed by atoms with E-state index in [9.17, 15) is 9.59 Å². The maximum absolute atomic E-state index is 11.7. The van der Waals surface area contributed by atoms with E-state index in [0.717, 1.165) is 6.42 Å². The number of carbonyl (C=O) groups excluding carboxylic acids is 2. The quantitative estimate of drug-likeness (QED) is 0.186. The van der Waals surface area contributed by atoms with Crippen LogP contribution in [-0.2, 0) is 19.1 Å². The molecule has 0 aliphatic heterocycles. The van der Waals surface area contributed by atoms with E-state index >= 15 is 0 Å². The molecule has 4 nitrogen and oxygen atoms in total. The highest BCUT2D eigenvalue weighted by atomic mass is 16.5. The van der Waals surface area contributed by atoms with E-state index in [1.165, 1.54) is 89.9 Å². The fraction of sp³-hybridized carbons (Fsp3) is 0.920. The maximum atomic E-state index is 11.7. The smallest absolute Gasteiger partial charge is 0.306 e. The van der Waals surface area contributed by atoms with Crippen LogP contribution in [0.2, 0.25) is 0 Å². The lowest BCUT2D eigenvalue weighted by Gasteiger charge is -2.14. The Labute approximate surface area is 178 Å². The number of rotatable bonds is 18. The van der Waals surface area contributed by atoms with Crippen molar-refractivity contribution in [2.24, 2.45) is 10.8 Å². The SMILES string of the molecule is CCOC(=O)CCC1(CCCCCCCCCCC2(CC(=O)OCC)CC2)CC1. The molecule has 0 N–H and O–H groups in total. The fourth-order valence-corrected chi connectivity index (χ4v) is 4.67. The van der Waals surface area contributed by atoms with Gasteiger partial charge in [0.15, 0.2) is 0 Å². The third-order valence-corrected chi connectivity index (χ3v) is 7.07. The van der Waals surface area contributed by atoms with Crippen LogP contribution in [0.25, 0.3) is 0 Å². The van der Waals surface area contributed by atoms with Crippen LogP contribution in [0.3, 0.4) is 0 Å². The minimum atomic E-state index is -0.0210. The summed E-state index contributed by atoms with van der Waals surface area (Å²) in [6, 6.07) is 0. The molecular formula is C25H44O4. The summed E-state index contributed by atoms with van der Waals surface area (Å²) >= 11 is 0. The first-order valence-electron chi connectivity index (χ1n) is 12.3. The standard InChI is InChI=1S/C25H44O4/c1-3-28-22(26)13-16-24(17-18-24)14-11-9-7-5-6-8-10-12-15-25(19-20-25)21-23(27)29-4-2/h3-21H2,1-2H3. The zero-order valence-corrected chi connectivity index (χ0v) is 19.1. The van der Waals surface area contributed by atoms with Gasteiger partial charge in [-0.3, -0.25) is 9.59 Å². The molecule has 2 fully saturated rings. The molecule has 0 aromatic rings. The van der Waals surface area contributed by atoms with Gasteiger partial charge in [0.2, 0.25) is 0 Å². The van der Waals surface area contributed by atoms with Crippen molar-refractivity contribution in [2.45, 2.75) is 123 Å². The van der Waals surface area contributed by atoms with Gasteiger partial charge in [-0.1, -0.05) is 51.4 Å². The minimum absolute atomic E-state index is 0.00105. The fourth-order valence-electron chi connectivity index (χ4n) is 4.67. The number of ether oxygens (including phenoxy) is 2. The highest BCUT2D eigenvalue weighted by molar-refractivity contribution is 5.70. The molecule has 29 heavy (non-hydrogen) atoms. The van der Waals surface area contributed by atoms with Gasteiger partial charge >= 0.3 is 11.9 Å². The second-order valence-corrected chi connectivity index (χ2v) is 9.62. The molecule has 2 saturated carbocycles. The average molecular weight is 409 g/mol. The van der Waals surface area contributed by atoms with Crippen molar-refractivity contribution in [1.82, 2.24) is 0 Å². The van der Waals surface area contributed by atoms with Gasteiger partial charge in [0, 0.05) is 6.42 Å². The summed E-state index contributed by atoms with van der Waals surface area (Å²) in [7, 11) is 0. The van der Waals surface area contributed by atoms with Crippen LogP contribution in [0.4, 0.5) is 0 Å². The first-order valence-corrected chi connectivity index (χ1v) is 12.3. The molecule has 0 spiro atoms. The molecule has 4 heteroatoms. The minimum Gasteiger partial charge on any atom is -0.466 e. The predicted molar refractivity (Wildman–Crippen MR) is 117 cm³/mol. The van der Waals surface area contributed by atoms with E-state index in [0.29, 0.717) is 36.9 Å². The van der Waals surface area contributed by atoms with E-state index in [-0.39, 0.29) is 11.9 Å². The maximum Gasteiger partial charge on any atom is 0.306 e. The van der Waals surface area contributed by atoms with Crippen LogP contribution in [0.1, 0.15) is 123 Å². The third-order valence-electron chi connectivity index (χ3n) is 7.07. The summed E-state index contributed by atoms with van der Waals surface area (Å²) < 4.78 is 10.2. The number of hydrogen-bond acceptors (Lipinski definition) is 4. The Morgan fingerprint density at radius 1 is 0.621 bits per heavy atom. The molecule has 2 aliphatic rings. The van der Waals surface area contributed by atoms with Crippen molar-refractivity contribution < 1.29 is 19.1 Å². The Kier molecular flexibility index (Phi) is 10.5. The molecule has 0 unspecified atom stereocenters. The van der Waals surface area contributed by atoms with Gasteiger partial charge in [-0.25, -0.2) is 0 Å². The Morgan fingerprint density at radius 2 is 1.07 bits per heavy atom. The summed E-state index contributed by atoms with van der Waals surface area (Å²) in [6.45, 7) is 4.76. The van der Waals surface area contributed by atoms with Gasteiger partial charge in [0.05, 0.1) is 19.6 Å². The van der Waals surface area contributed by atoms with Gasteiger partial charge in [-0.2, -0.15) is 0 Å². The monoisotopic (exact) mass is 408 g/mol. The lowest BCUT2D eigenvalue weighted by atomic mass is 9.92. The molecule has 2 aliphatic carbocycles. The van der Waals surface area contributed by atoms with Crippen LogP contribution in [0, 0.1) is 10.8 Å². The van der Waals surface area contributed by atoms with E-state index in [4.69, 9.17) is 9.47 Å². The van der Waals surface area contributed by atoms with Gasteiger partial charge < -0.3 is 9.47 Å². The Bertz CT molecular complexity index is 491. The van der Waals surface area contributed by atoms with E-state index in [2.05, 4.69) is 0 Å². The Balaban J connectivity index is 1.38. The van der Waals surface area contributed by atoms with Crippen LogP contribution in [0.5, 0.6) is 0 Å². The molecule has 0 aromatic heterocycles. The molecule has 0 atom stereocenters. The summed E-state index contributed by atoms with van der Waals surface area (Å²) in [5.74, 6) is -0.0221. The lowest BCUT2D eigenvalue weighted by Crippen LogP contribution is -2.12. The molecule has 0 radical (unpaired) electrons. The Morgan fingerprint density at radius 3 is 1.55 bits per heavy atom. The summed E-state index contributed by atoms with van der Waals surface area (Å²) in [5.41, 5.74) is 0.785. The second kappa shape index (κ2) is 12.6. The van der Waals surface area contributed by atoms with E-state index in [1.807, 2.05) is 13.8 Å². The van der Waals surface area contributed by atoms with Crippen molar-refractivity contribution in [3.05, 3.63) is 0 Å². The molecule has 2 rings (SSSR count). The van der Waals surface area contributed by atoms with Crippen LogP contribution < -0.4 is 0 Å². The molecule has 0 heterocycles. The molecule has 0 bridgehead atoms. The first-order chi connectivity index (χ1) is 14.0. The van der Waals surface area contributed by atoms with Crippen LogP contribution in [0.15, 0.2) is 0 Å². The van der Waals surface area contributed by atoms with Crippen LogP contribution in [-0.4, -0.2) is 25.2 Å². The second-order valence-electron chi connectivity index (χ2n) is 9.62. The first kappa shape index (κ1) is 24.2. The average Bonchev–Trinajstić information content (AvgIpc) is 3.61. The van der Waals surface area contributed by atoms with Gasteiger partial charge in [-0.15, -0.1) is 0 Å². The van der Waals surface area contributed by atoms with Crippen molar-refractivity contribution in [2.75, 3.05) is 13.2 Å². The van der Waals surface area contributed by atoms with Crippen LogP contribution >= 0.6 is 0 Å². The highest BCUT2D eigenvalue weighted by Gasteiger charge is 2.44. The van der Waals surface area contributed by atoms with Gasteiger partial charge in [0.1, 0.15) is 0 Å². The van der Waals surface area contributed by atoms with Crippen molar-refractivity contribution in [3.8, 4) is 0 Å². The predicted octanol–water partition coefficient (Wildman–Crippen LogP) is 6.74. The number of hydrogen-bond donors (Lipinski definition) is 0. The van der Waals surface area contributed by atoms with Gasteiger partial charge in [-0.05, 0) is 69.6 Å². The zero-order chi connectivity index (χ0) is 21.0. The number of unbranched alkanes of at least 4 members (excludes halogenated alkanes) is 7. The largest absolute Gasteiger partial charge is 0.466 e. The molecule has 0 amide bonds. The number of carbonyl (C=O) groups is 2. The van der Waals surface area contributed by atoms with Crippen molar-refractivity contribution in [1.29, 1.82) is 0 Å². The molecule has 0 saturated heterocycles. The molecule has 0 aromatic carbocycles. The molecular weight excluding hydrogens is 364 g/mol. The zero-order valence-electron chi connectivity index (χ0n) is 19.1. The van der Waals surface area contributed by atoms with Crippen molar-refractivity contribution in [3.63, 3.8) is 0 Å². The topological polar surface area (TPSA) is 52.6 Å². The normalized spacial score (nSPS) is 18.3. The summed E-state index contributed by atoms with van der Waals surface area (Å²) in [4.78, 5) is 23.2. The highest BCUT2D eigenvalue weighted by Crippen LogP contribution is 2.54. The summed E-state index contributed by atoms with van der Waals surface area (Å²) in [5, 5.41) is 0.